The molecule has 1 aliphatic rings. The lowest BCUT2D eigenvalue weighted by Crippen LogP contribution is -2.26. The first-order valence-corrected chi connectivity index (χ1v) is 5.05. The van der Waals surface area contributed by atoms with Crippen LogP contribution in [0.25, 0.3) is 0 Å². The average molecular weight is 207 g/mol. The fraction of sp³-hybridized carbons (Fsp3) is 0.500. The number of rotatable bonds is 2. The van der Waals surface area contributed by atoms with Gasteiger partial charge in [0.25, 0.3) is 5.69 Å². The van der Waals surface area contributed by atoms with Crippen LogP contribution in [0.2, 0.25) is 0 Å². The van der Waals surface area contributed by atoms with Gasteiger partial charge in [-0.3, -0.25) is 10.1 Å². The van der Waals surface area contributed by atoms with Crippen LogP contribution >= 0.6 is 0 Å². The minimum absolute atomic E-state index is 0.0469. The maximum atomic E-state index is 10.4. The summed E-state index contributed by atoms with van der Waals surface area (Å²) in [6.07, 6.45) is 3.65. The second kappa shape index (κ2) is 3.84. The molecule has 1 aromatic rings. The molecule has 0 saturated carbocycles. The van der Waals surface area contributed by atoms with E-state index in [0.29, 0.717) is 6.04 Å². The Morgan fingerprint density at radius 1 is 1.60 bits per heavy atom. The van der Waals surface area contributed by atoms with Gasteiger partial charge in [-0.15, -0.1) is 0 Å². The molecule has 0 amide bonds. The molecule has 0 aliphatic carbocycles. The third-order valence-electron chi connectivity index (χ3n) is 2.79. The molecule has 15 heavy (non-hydrogen) atoms. The van der Waals surface area contributed by atoms with Crippen molar-refractivity contribution in [1.29, 1.82) is 0 Å². The van der Waals surface area contributed by atoms with Gasteiger partial charge in [0, 0.05) is 18.7 Å². The third kappa shape index (κ3) is 1.91. The van der Waals surface area contributed by atoms with E-state index in [1.165, 1.54) is 25.1 Å². The average Bonchev–Trinajstić information content (AvgIpc) is 2.65. The second-order valence-electron chi connectivity index (χ2n) is 3.82. The summed E-state index contributed by atoms with van der Waals surface area (Å²) in [7, 11) is 0. The van der Waals surface area contributed by atoms with E-state index in [0.717, 1.165) is 12.4 Å². The summed E-state index contributed by atoms with van der Waals surface area (Å²) in [4.78, 5) is 16.3. The highest BCUT2D eigenvalue weighted by Gasteiger charge is 2.21. The monoisotopic (exact) mass is 207 g/mol. The van der Waals surface area contributed by atoms with Gasteiger partial charge in [0.2, 0.25) is 0 Å². The zero-order chi connectivity index (χ0) is 10.8. The number of nitro groups is 1. The highest BCUT2D eigenvalue weighted by atomic mass is 16.6. The van der Waals surface area contributed by atoms with Gasteiger partial charge in [0.05, 0.1) is 4.92 Å². The van der Waals surface area contributed by atoms with E-state index in [2.05, 4.69) is 16.8 Å². The molecule has 1 saturated heterocycles. The Hall–Kier alpha value is -1.65. The van der Waals surface area contributed by atoms with Crippen LogP contribution in [0.4, 0.5) is 11.5 Å². The molecule has 2 rings (SSSR count). The predicted octanol–water partition coefficient (Wildman–Crippen LogP) is 1.98. The van der Waals surface area contributed by atoms with E-state index in [9.17, 15) is 10.1 Å². The molecule has 80 valence electrons. The van der Waals surface area contributed by atoms with Crippen molar-refractivity contribution in [1.82, 2.24) is 4.98 Å². The zero-order valence-electron chi connectivity index (χ0n) is 8.59. The van der Waals surface area contributed by atoms with Gasteiger partial charge >= 0.3 is 0 Å². The van der Waals surface area contributed by atoms with Crippen LogP contribution in [0.15, 0.2) is 18.3 Å². The van der Waals surface area contributed by atoms with E-state index in [1.807, 2.05) is 0 Å². The highest BCUT2D eigenvalue weighted by Crippen LogP contribution is 2.24. The van der Waals surface area contributed by atoms with Crippen molar-refractivity contribution in [2.45, 2.75) is 25.8 Å². The quantitative estimate of drug-likeness (QED) is 0.549. The molecule has 1 aliphatic heterocycles. The first-order chi connectivity index (χ1) is 7.18. The normalized spacial score (nSPS) is 20.6. The third-order valence-corrected chi connectivity index (χ3v) is 2.79. The van der Waals surface area contributed by atoms with Crippen LogP contribution in [-0.4, -0.2) is 22.5 Å². The number of nitrogens with zero attached hydrogens (tertiary/aromatic N) is 3. The first-order valence-electron chi connectivity index (χ1n) is 5.05. The summed E-state index contributed by atoms with van der Waals surface area (Å²) in [6, 6.07) is 3.71. The van der Waals surface area contributed by atoms with E-state index in [-0.39, 0.29) is 5.69 Å². The van der Waals surface area contributed by atoms with Crippen molar-refractivity contribution in [3.05, 3.63) is 28.4 Å². The van der Waals surface area contributed by atoms with Crippen LogP contribution in [0.5, 0.6) is 0 Å². The Bertz CT molecular complexity index is 363. The number of hydrogen-bond acceptors (Lipinski definition) is 4. The van der Waals surface area contributed by atoms with Gasteiger partial charge in [-0.2, -0.15) is 0 Å². The summed E-state index contributed by atoms with van der Waals surface area (Å²) in [5.41, 5.74) is 0.0469. The summed E-state index contributed by atoms with van der Waals surface area (Å²) in [6.45, 7) is 3.14. The fourth-order valence-corrected chi connectivity index (χ4v) is 1.93. The molecular weight excluding hydrogens is 194 g/mol. The van der Waals surface area contributed by atoms with Crippen LogP contribution in [0.3, 0.4) is 0 Å². The first kappa shape index (κ1) is 9.89. The van der Waals surface area contributed by atoms with E-state index in [4.69, 9.17) is 0 Å². The Balaban J connectivity index is 2.19. The molecule has 1 fully saturated rings. The van der Waals surface area contributed by atoms with Gasteiger partial charge in [-0.25, -0.2) is 4.98 Å². The van der Waals surface area contributed by atoms with E-state index < -0.39 is 4.92 Å². The van der Waals surface area contributed by atoms with Crippen LogP contribution in [-0.2, 0) is 0 Å². The van der Waals surface area contributed by atoms with Gasteiger partial charge in [0.1, 0.15) is 12.0 Å². The molecule has 5 nitrogen and oxygen atoms in total. The summed E-state index contributed by atoms with van der Waals surface area (Å²) < 4.78 is 0. The van der Waals surface area contributed by atoms with E-state index in [1.54, 1.807) is 6.07 Å². The summed E-state index contributed by atoms with van der Waals surface area (Å²) in [5, 5.41) is 10.4. The Kier molecular flexibility index (Phi) is 2.53. The van der Waals surface area contributed by atoms with E-state index >= 15 is 0 Å². The van der Waals surface area contributed by atoms with Crippen LogP contribution < -0.4 is 4.90 Å². The number of pyridine rings is 1. The van der Waals surface area contributed by atoms with Crippen molar-refractivity contribution < 1.29 is 4.92 Å². The Morgan fingerprint density at radius 2 is 2.40 bits per heavy atom. The molecule has 0 radical (unpaired) electrons. The molecule has 0 N–H and O–H groups in total. The zero-order valence-corrected chi connectivity index (χ0v) is 8.59. The molecule has 1 atom stereocenters. The molecule has 0 unspecified atom stereocenters. The molecule has 1 aromatic heterocycles. The Labute approximate surface area is 87.9 Å². The molecule has 0 spiro atoms. The molecule has 5 heteroatoms. The SMILES string of the molecule is C[C@H]1CCCN1c1ccc([N+](=O)[O-])cn1. The summed E-state index contributed by atoms with van der Waals surface area (Å²) in [5.74, 6) is 0.839. The van der Waals surface area contributed by atoms with Gasteiger partial charge in [-0.05, 0) is 25.8 Å². The fourth-order valence-electron chi connectivity index (χ4n) is 1.93. The minimum atomic E-state index is -0.426. The standard InChI is InChI=1S/C10H13N3O2/c1-8-3-2-6-12(8)10-5-4-9(7-11-10)13(14)15/h4-5,7-8H,2-3,6H2,1H3/t8-/m0/s1. The van der Waals surface area contributed by atoms with Crippen molar-refractivity contribution >= 4 is 11.5 Å². The number of aromatic nitrogens is 1. The van der Waals surface area contributed by atoms with Crippen molar-refractivity contribution in [3.8, 4) is 0 Å². The van der Waals surface area contributed by atoms with Gasteiger partial charge < -0.3 is 4.90 Å². The lowest BCUT2D eigenvalue weighted by molar-refractivity contribution is -0.385. The topological polar surface area (TPSA) is 59.3 Å². The molecule has 0 bridgehead atoms. The lowest BCUT2D eigenvalue weighted by atomic mass is 10.2. The number of hydrogen-bond donors (Lipinski definition) is 0. The highest BCUT2D eigenvalue weighted by molar-refractivity contribution is 5.44. The van der Waals surface area contributed by atoms with Crippen molar-refractivity contribution in [3.63, 3.8) is 0 Å². The van der Waals surface area contributed by atoms with Crippen LogP contribution in [0, 0.1) is 10.1 Å². The maximum absolute atomic E-state index is 10.4. The largest absolute Gasteiger partial charge is 0.354 e. The number of anilines is 1. The predicted molar refractivity (Wildman–Crippen MR) is 56.9 cm³/mol. The van der Waals surface area contributed by atoms with Crippen molar-refractivity contribution in [2.24, 2.45) is 0 Å². The van der Waals surface area contributed by atoms with Crippen LogP contribution in [0.1, 0.15) is 19.8 Å². The van der Waals surface area contributed by atoms with Crippen molar-refractivity contribution in [2.75, 3.05) is 11.4 Å². The Morgan fingerprint density at radius 3 is 2.87 bits per heavy atom. The molecule has 2 heterocycles. The maximum Gasteiger partial charge on any atom is 0.287 e. The smallest absolute Gasteiger partial charge is 0.287 e. The van der Waals surface area contributed by atoms with Gasteiger partial charge in [0.15, 0.2) is 0 Å². The molecular formula is C10H13N3O2. The molecule has 0 aromatic carbocycles. The summed E-state index contributed by atoms with van der Waals surface area (Å²) >= 11 is 0. The van der Waals surface area contributed by atoms with Gasteiger partial charge in [-0.1, -0.05) is 0 Å². The lowest BCUT2D eigenvalue weighted by Gasteiger charge is -2.21. The minimum Gasteiger partial charge on any atom is -0.354 e. The second-order valence-corrected chi connectivity index (χ2v) is 3.82.